The van der Waals surface area contributed by atoms with Gasteiger partial charge in [0, 0.05) is 20.1 Å². The Balaban J connectivity index is 2.17. The number of fused-ring (bicyclic) bond motifs is 1. The Morgan fingerprint density at radius 2 is 2.08 bits per heavy atom. The highest BCUT2D eigenvalue weighted by atomic mass is 32.2. The average Bonchev–Trinajstić information content (AvgIpc) is 3.05. The van der Waals surface area contributed by atoms with Crippen molar-refractivity contribution in [3.05, 3.63) is 21.8 Å². The second kappa shape index (κ2) is 9.22. The Morgan fingerprint density at radius 3 is 2.79 bits per heavy atom. The fourth-order valence-corrected chi connectivity index (χ4v) is 4.05. The van der Waals surface area contributed by atoms with Gasteiger partial charge in [-0.2, -0.15) is 0 Å². The zero-order valence-corrected chi connectivity index (χ0v) is 16.2. The maximum absolute atomic E-state index is 12.7. The van der Waals surface area contributed by atoms with Gasteiger partial charge in [-0.1, -0.05) is 38.5 Å². The molecule has 0 saturated carbocycles. The van der Waals surface area contributed by atoms with Gasteiger partial charge in [-0.05, 0) is 24.3 Å². The van der Waals surface area contributed by atoms with Gasteiger partial charge in [0.2, 0.25) is 5.91 Å². The quantitative estimate of drug-likeness (QED) is 0.502. The normalized spacial score (nSPS) is 11.1. The Kier molecular flexibility index (Phi) is 7.30. The van der Waals surface area contributed by atoms with Gasteiger partial charge in [0.15, 0.2) is 5.16 Å². The third-order valence-electron chi connectivity index (χ3n) is 3.86. The molecule has 132 valence electrons. The standard InChI is InChI=1S/C17H25N3O2S2/c1-4-6-9-19(3)14(21)12-24-17-18-13-8-11-23-15(13)16(22)20(17)10-7-5-2/h8,11H,4-7,9-10,12H2,1-3H3. The molecule has 0 saturated heterocycles. The Labute approximate surface area is 151 Å². The maximum atomic E-state index is 12.7. The molecule has 0 unspecified atom stereocenters. The Bertz CT molecular complexity index is 739. The number of hydrogen-bond acceptors (Lipinski definition) is 5. The first-order valence-corrected chi connectivity index (χ1v) is 10.3. The predicted molar refractivity (Wildman–Crippen MR) is 102 cm³/mol. The summed E-state index contributed by atoms with van der Waals surface area (Å²) in [7, 11) is 1.83. The number of carbonyl (C=O) groups excluding carboxylic acids is 1. The first-order chi connectivity index (χ1) is 11.6. The average molecular weight is 368 g/mol. The van der Waals surface area contributed by atoms with Gasteiger partial charge in [0.05, 0.1) is 11.3 Å². The summed E-state index contributed by atoms with van der Waals surface area (Å²) in [5.41, 5.74) is 0.741. The van der Waals surface area contributed by atoms with Crippen molar-refractivity contribution in [3.8, 4) is 0 Å². The molecule has 7 heteroatoms. The first kappa shape index (κ1) is 19.0. The van der Waals surface area contributed by atoms with Crippen molar-refractivity contribution in [2.24, 2.45) is 0 Å². The molecule has 0 fully saturated rings. The molecule has 0 spiro atoms. The first-order valence-electron chi connectivity index (χ1n) is 8.43. The molecule has 24 heavy (non-hydrogen) atoms. The monoisotopic (exact) mass is 367 g/mol. The highest BCUT2D eigenvalue weighted by Crippen LogP contribution is 2.21. The fraction of sp³-hybridized carbons (Fsp3) is 0.588. The second-order valence-electron chi connectivity index (χ2n) is 5.80. The largest absolute Gasteiger partial charge is 0.345 e. The van der Waals surface area contributed by atoms with E-state index in [1.807, 2.05) is 18.5 Å². The summed E-state index contributed by atoms with van der Waals surface area (Å²) in [6.07, 6.45) is 4.01. The van der Waals surface area contributed by atoms with Crippen LogP contribution < -0.4 is 5.56 Å². The fourth-order valence-electron chi connectivity index (χ4n) is 2.30. The zero-order chi connectivity index (χ0) is 17.5. The van der Waals surface area contributed by atoms with Crippen LogP contribution in [-0.4, -0.2) is 39.7 Å². The van der Waals surface area contributed by atoms with Crippen molar-refractivity contribution in [3.63, 3.8) is 0 Å². The topological polar surface area (TPSA) is 55.2 Å². The minimum atomic E-state index is 0.0118. The van der Waals surface area contributed by atoms with Crippen LogP contribution >= 0.6 is 23.1 Å². The number of aromatic nitrogens is 2. The van der Waals surface area contributed by atoms with E-state index in [-0.39, 0.29) is 11.5 Å². The molecular weight excluding hydrogens is 342 g/mol. The van der Waals surface area contributed by atoms with Gasteiger partial charge in [-0.3, -0.25) is 14.2 Å². The number of hydrogen-bond donors (Lipinski definition) is 0. The van der Waals surface area contributed by atoms with Crippen LogP contribution in [0, 0.1) is 0 Å². The third kappa shape index (κ3) is 4.60. The van der Waals surface area contributed by atoms with Crippen molar-refractivity contribution in [2.45, 2.75) is 51.2 Å². The molecule has 2 aromatic heterocycles. The van der Waals surface area contributed by atoms with Crippen LogP contribution in [0.2, 0.25) is 0 Å². The zero-order valence-electron chi connectivity index (χ0n) is 14.6. The molecule has 2 heterocycles. The predicted octanol–water partition coefficient (Wildman–Crippen LogP) is 3.61. The molecule has 0 radical (unpaired) electrons. The molecule has 1 amide bonds. The molecule has 5 nitrogen and oxygen atoms in total. The van der Waals surface area contributed by atoms with Gasteiger partial charge in [-0.15, -0.1) is 11.3 Å². The van der Waals surface area contributed by atoms with Crippen molar-refractivity contribution in [2.75, 3.05) is 19.3 Å². The number of thioether (sulfide) groups is 1. The van der Waals surface area contributed by atoms with Crippen LogP contribution in [0.25, 0.3) is 10.2 Å². The second-order valence-corrected chi connectivity index (χ2v) is 7.66. The van der Waals surface area contributed by atoms with Crippen molar-refractivity contribution in [1.29, 1.82) is 0 Å². The van der Waals surface area contributed by atoms with Crippen LogP contribution in [0.5, 0.6) is 0 Å². The van der Waals surface area contributed by atoms with E-state index in [0.29, 0.717) is 22.2 Å². The molecule has 0 atom stereocenters. The lowest BCUT2D eigenvalue weighted by Gasteiger charge is -2.17. The lowest BCUT2D eigenvalue weighted by Crippen LogP contribution is -2.30. The summed E-state index contributed by atoms with van der Waals surface area (Å²) >= 11 is 2.79. The highest BCUT2D eigenvalue weighted by Gasteiger charge is 2.15. The number of rotatable bonds is 9. The lowest BCUT2D eigenvalue weighted by atomic mass is 10.3. The molecule has 0 aliphatic carbocycles. The molecule has 2 aromatic rings. The van der Waals surface area contributed by atoms with Crippen LogP contribution in [0.15, 0.2) is 21.4 Å². The Hall–Kier alpha value is -1.34. The van der Waals surface area contributed by atoms with Crippen LogP contribution in [0.1, 0.15) is 39.5 Å². The summed E-state index contributed by atoms with van der Waals surface area (Å²) in [5, 5.41) is 2.54. The van der Waals surface area contributed by atoms with Gasteiger partial charge >= 0.3 is 0 Å². The molecule has 2 rings (SSSR count). The number of amides is 1. The number of carbonyl (C=O) groups is 1. The minimum absolute atomic E-state index is 0.0118. The van der Waals surface area contributed by atoms with E-state index < -0.39 is 0 Å². The van der Waals surface area contributed by atoms with E-state index in [9.17, 15) is 9.59 Å². The summed E-state index contributed by atoms with van der Waals surface area (Å²) in [5.74, 6) is 0.393. The van der Waals surface area contributed by atoms with Crippen molar-refractivity contribution < 1.29 is 4.79 Å². The molecule has 0 N–H and O–H groups in total. The van der Waals surface area contributed by atoms with Gasteiger partial charge < -0.3 is 4.90 Å². The SMILES string of the molecule is CCCCN(C)C(=O)CSc1nc2ccsc2c(=O)n1CCCC. The summed E-state index contributed by atoms with van der Waals surface area (Å²) in [6.45, 7) is 5.63. The van der Waals surface area contributed by atoms with Gasteiger partial charge in [0.1, 0.15) is 4.70 Å². The number of nitrogens with zero attached hydrogens (tertiary/aromatic N) is 3. The summed E-state index contributed by atoms with van der Waals surface area (Å²) in [6, 6.07) is 1.87. The maximum Gasteiger partial charge on any atom is 0.272 e. The minimum Gasteiger partial charge on any atom is -0.345 e. The molecule has 0 bridgehead atoms. The van der Waals surface area contributed by atoms with Gasteiger partial charge in [-0.25, -0.2) is 4.98 Å². The van der Waals surface area contributed by atoms with Gasteiger partial charge in [0.25, 0.3) is 5.56 Å². The van der Waals surface area contributed by atoms with E-state index in [1.165, 1.54) is 23.1 Å². The molecule has 0 aliphatic heterocycles. The molecular formula is C17H25N3O2S2. The summed E-state index contributed by atoms with van der Waals surface area (Å²) < 4.78 is 2.42. The van der Waals surface area contributed by atoms with Crippen LogP contribution in [0.3, 0.4) is 0 Å². The van der Waals surface area contributed by atoms with E-state index >= 15 is 0 Å². The highest BCUT2D eigenvalue weighted by molar-refractivity contribution is 7.99. The Morgan fingerprint density at radius 1 is 1.33 bits per heavy atom. The smallest absolute Gasteiger partial charge is 0.272 e. The third-order valence-corrected chi connectivity index (χ3v) is 5.72. The lowest BCUT2D eigenvalue weighted by molar-refractivity contribution is -0.127. The molecule has 0 aromatic carbocycles. The van der Waals surface area contributed by atoms with E-state index in [2.05, 4.69) is 18.8 Å². The van der Waals surface area contributed by atoms with Crippen molar-refractivity contribution in [1.82, 2.24) is 14.5 Å². The number of thiophene rings is 1. The van der Waals surface area contributed by atoms with Crippen LogP contribution in [-0.2, 0) is 11.3 Å². The van der Waals surface area contributed by atoms with E-state index in [1.54, 1.807) is 9.47 Å². The van der Waals surface area contributed by atoms with E-state index in [0.717, 1.165) is 37.7 Å². The van der Waals surface area contributed by atoms with Crippen molar-refractivity contribution >= 4 is 39.2 Å². The molecule has 0 aliphatic rings. The van der Waals surface area contributed by atoms with E-state index in [4.69, 9.17) is 0 Å². The number of unbranched alkanes of at least 4 members (excludes halogenated alkanes) is 2. The van der Waals surface area contributed by atoms with Crippen LogP contribution in [0.4, 0.5) is 0 Å². The summed E-state index contributed by atoms with van der Waals surface area (Å²) in [4.78, 5) is 31.3.